The van der Waals surface area contributed by atoms with Crippen LogP contribution in [0.4, 0.5) is 0 Å². The van der Waals surface area contributed by atoms with Crippen molar-refractivity contribution >= 4 is 22.8 Å². The summed E-state index contributed by atoms with van der Waals surface area (Å²) >= 11 is 1.35. The molecule has 0 aromatic rings. The van der Waals surface area contributed by atoms with Gasteiger partial charge in [0.25, 0.3) is 0 Å². The zero-order chi connectivity index (χ0) is 8.97. The Bertz CT molecular complexity index is 191. The van der Waals surface area contributed by atoms with Crippen LogP contribution in [-0.4, -0.2) is 21.9 Å². The molecule has 0 aromatic carbocycles. The van der Waals surface area contributed by atoms with Crippen LogP contribution in [0.5, 0.6) is 0 Å². The lowest BCUT2D eigenvalue weighted by Gasteiger charge is -2.18. The first-order chi connectivity index (χ1) is 5.70. The van der Waals surface area contributed by atoms with Gasteiger partial charge in [-0.3, -0.25) is 9.59 Å². The second-order valence-corrected chi connectivity index (χ2v) is 4.04. The highest BCUT2D eigenvalue weighted by molar-refractivity contribution is 8.13. The summed E-state index contributed by atoms with van der Waals surface area (Å²) in [7, 11) is 0. The highest BCUT2D eigenvalue weighted by Crippen LogP contribution is 2.27. The van der Waals surface area contributed by atoms with E-state index in [2.05, 4.69) is 0 Å². The van der Waals surface area contributed by atoms with E-state index in [1.54, 1.807) is 0 Å². The van der Waals surface area contributed by atoms with Gasteiger partial charge >= 0.3 is 5.97 Å². The fourth-order valence-electron chi connectivity index (χ4n) is 1.30. The van der Waals surface area contributed by atoms with Crippen molar-refractivity contribution in [2.45, 2.75) is 25.7 Å². The van der Waals surface area contributed by atoms with E-state index in [9.17, 15) is 9.59 Å². The molecule has 1 N–H and O–H groups in total. The van der Waals surface area contributed by atoms with Crippen LogP contribution in [0, 0.1) is 5.92 Å². The molecule has 68 valence electrons. The third-order valence-corrected chi connectivity index (χ3v) is 3.09. The van der Waals surface area contributed by atoms with E-state index in [0.29, 0.717) is 6.42 Å². The zero-order valence-electron chi connectivity index (χ0n) is 6.78. The minimum Gasteiger partial charge on any atom is -0.481 e. The van der Waals surface area contributed by atoms with E-state index in [0.717, 1.165) is 18.6 Å². The summed E-state index contributed by atoms with van der Waals surface area (Å²) in [6.45, 7) is 0. The quantitative estimate of drug-likeness (QED) is 0.729. The van der Waals surface area contributed by atoms with Crippen LogP contribution in [0.25, 0.3) is 0 Å². The molecular weight excluding hydrogens is 176 g/mol. The molecule has 1 heterocycles. The lowest BCUT2D eigenvalue weighted by atomic mass is 9.99. The Morgan fingerprint density at radius 3 is 3.00 bits per heavy atom. The maximum Gasteiger partial charge on any atom is 0.303 e. The molecule has 0 aliphatic carbocycles. The monoisotopic (exact) mass is 188 g/mol. The van der Waals surface area contributed by atoms with Gasteiger partial charge in [-0.1, -0.05) is 11.8 Å². The fourth-order valence-corrected chi connectivity index (χ4v) is 2.28. The summed E-state index contributed by atoms with van der Waals surface area (Å²) in [6.07, 6.45) is 2.55. The van der Waals surface area contributed by atoms with E-state index in [-0.39, 0.29) is 17.5 Å². The number of hydrogen-bond acceptors (Lipinski definition) is 3. The number of carbonyl (C=O) groups excluding carboxylic acids is 1. The summed E-state index contributed by atoms with van der Waals surface area (Å²) in [5, 5.41) is 8.60. The van der Waals surface area contributed by atoms with Gasteiger partial charge in [-0.25, -0.2) is 0 Å². The molecule has 3 nitrogen and oxygen atoms in total. The molecular formula is C8H12O3S. The van der Waals surface area contributed by atoms with Crippen molar-refractivity contribution in [3.05, 3.63) is 0 Å². The first kappa shape index (κ1) is 9.58. The smallest absolute Gasteiger partial charge is 0.303 e. The summed E-state index contributed by atoms with van der Waals surface area (Å²) < 4.78 is 0. The Morgan fingerprint density at radius 2 is 2.42 bits per heavy atom. The normalized spacial score (nSPS) is 24.0. The zero-order valence-corrected chi connectivity index (χ0v) is 7.60. The number of carboxylic acid groups (broad SMARTS) is 1. The number of aliphatic carboxylic acids is 1. The molecule has 0 aromatic heterocycles. The molecule has 0 bridgehead atoms. The van der Waals surface area contributed by atoms with E-state index in [4.69, 9.17) is 5.11 Å². The Morgan fingerprint density at radius 1 is 1.67 bits per heavy atom. The van der Waals surface area contributed by atoms with Gasteiger partial charge in [0.05, 0.1) is 0 Å². The van der Waals surface area contributed by atoms with Crippen LogP contribution in [0.3, 0.4) is 0 Å². The van der Waals surface area contributed by atoms with Crippen LogP contribution in [-0.2, 0) is 9.59 Å². The summed E-state index contributed by atoms with van der Waals surface area (Å²) in [5.41, 5.74) is 0. The molecule has 0 saturated carbocycles. The summed E-state index contributed by atoms with van der Waals surface area (Å²) in [6, 6.07) is 0. The Kier molecular flexibility index (Phi) is 3.59. The Labute approximate surface area is 75.5 Å². The van der Waals surface area contributed by atoms with E-state index >= 15 is 0 Å². The molecule has 1 saturated heterocycles. The number of carboxylic acids is 1. The first-order valence-electron chi connectivity index (χ1n) is 4.08. The van der Waals surface area contributed by atoms with Gasteiger partial charge in [0.15, 0.2) is 5.12 Å². The third kappa shape index (κ3) is 2.85. The van der Waals surface area contributed by atoms with Gasteiger partial charge in [0, 0.05) is 18.1 Å². The van der Waals surface area contributed by atoms with Crippen molar-refractivity contribution in [3.63, 3.8) is 0 Å². The second kappa shape index (κ2) is 4.50. The van der Waals surface area contributed by atoms with Crippen LogP contribution in [0.15, 0.2) is 0 Å². The maximum atomic E-state index is 11.2. The van der Waals surface area contributed by atoms with E-state index in [1.807, 2.05) is 0 Å². The predicted molar refractivity (Wildman–Crippen MR) is 47.1 cm³/mol. The summed E-state index contributed by atoms with van der Waals surface area (Å²) in [5.74, 6) is 0.0980. The molecule has 1 aliphatic rings. The SMILES string of the molecule is O=C(O)CC[C@@H]1CCCSC1=O. The molecule has 1 aliphatic heterocycles. The molecule has 0 radical (unpaired) electrons. The highest BCUT2D eigenvalue weighted by atomic mass is 32.2. The van der Waals surface area contributed by atoms with Crippen LogP contribution < -0.4 is 0 Å². The fraction of sp³-hybridized carbons (Fsp3) is 0.750. The highest BCUT2D eigenvalue weighted by Gasteiger charge is 2.23. The average Bonchev–Trinajstić information content (AvgIpc) is 2.03. The molecule has 12 heavy (non-hydrogen) atoms. The first-order valence-corrected chi connectivity index (χ1v) is 5.07. The largest absolute Gasteiger partial charge is 0.481 e. The van der Waals surface area contributed by atoms with Crippen molar-refractivity contribution < 1.29 is 14.7 Å². The van der Waals surface area contributed by atoms with E-state index in [1.165, 1.54) is 11.8 Å². The maximum absolute atomic E-state index is 11.2. The topological polar surface area (TPSA) is 54.4 Å². The molecule has 1 rings (SSSR count). The lowest BCUT2D eigenvalue weighted by molar-refractivity contribution is -0.137. The minimum absolute atomic E-state index is 0.000139. The second-order valence-electron chi connectivity index (χ2n) is 2.94. The average molecular weight is 188 g/mol. The molecule has 0 spiro atoms. The van der Waals surface area contributed by atoms with Crippen molar-refractivity contribution in [2.75, 3.05) is 5.75 Å². The minimum atomic E-state index is -0.807. The van der Waals surface area contributed by atoms with Gasteiger partial charge < -0.3 is 5.11 Å². The summed E-state index contributed by atoms with van der Waals surface area (Å²) in [4.78, 5) is 21.4. The Balaban J connectivity index is 2.29. The number of rotatable bonds is 3. The molecule has 1 fully saturated rings. The number of thioether (sulfide) groups is 1. The number of carbonyl (C=O) groups is 2. The molecule has 0 amide bonds. The van der Waals surface area contributed by atoms with Gasteiger partial charge in [0.2, 0.25) is 0 Å². The van der Waals surface area contributed by atoms with Crippen molar-refractivity contribution in [1.29, 1.82) is 0 Å². The Hall–Kier alpha value is -0.510. The van der Waals surface area contributed by atoms with E-state index < -0.39 is 5.97 Å². The van der Waals surface area contributed by atoms with Gasteiger partial charge in [-0.05, 0) is 19.3 Å². The lowest BCUT2D eigenvalue weighted by Crippen LogP contribution is -2.17. The van der Waals surface area contributed by atoms with Gasteiger partial charge in [0.1, 0.15) is 0 Å². The van der Waals surface area contributed by atoms with Crippen LogP contribution in [0.2, 0.25) is 0 Å². The van der Waals surface area contributed by atoms with Crippen LogP contribution in [0.1, 0.15) is 25.7 Å². The van der Waals surface area contributed by atoms with Crippen LogP contribution >= 0.6 is 11.8 Å². The van der Waals surface area contributed by atoms with Gasteiger partial charge in [-0.15, -0.1) is 0 Å². The number of hydrogen-bond donors (Lipinski definition) is 1. The van der Waals surface area contributed by atoms with Crippen molar-refractivity contribution in [3.8, 4) is 0 Å². The predicted octanol–water partition coefficient (Wildman–Crippen LogP) is 1.52. The van der Waals surface area contributed by atoms with Crippen molar-refractivity contribution in [1.82, 2.24) is 0 Å². The standard InChI is InChI=1S/C8H12O3S/c9-7(10)4-3-6-2-1-5-12-8(6)11/h6H,1-5H2,(H,9,10)/t6-/m0/s1. The third-order valence-electron chi connectivity index (χ3n) is 1.98. The molecule has 0 unspecified atom stereocenters. The molecule has 1 atom stereocenters. The van der Waals surface area contributed by atoms with Crippen molar-refractivity contribution in [2.24, 2.45) is 5.92 Å². The molecule has 4 heteroatoms. The van der Waals surface area contributed by atoms with Gasteiger partial charge in [-0.2, -0.15) is 0 Å².